The van der Waals surface area contributed by atoms with Gasteiger partial charge in [0, 0.05) is 19.6 Å². The van der Waals surface area contributed by atoms with Crippen molar-refractivity contribution < 1.29 is 9.90 Å². The molecule has 0 aliphatic heterocycles. The highest BCUT2D eigenvalue weighted by Crippen LogP contribution is 2.02. The summed E-state index contributed by atoms with van der Waals surface area (Å²) in [5.41, 5.74) is 5.46. The van der Waals surface area contributed by atoms with Gasteiger partial charge in [-0.25, -0.2) is 0 Å². The summed E-state index contributed by atoms with van der Waals surface area (Å²) >= 11 is 0. The molecule has 0 radical (unpaired) electrons. The largest absolute Gasteiger partial charge is 0.396 e. The normalized spacial score (nSPS) is 12.5. The second kappa shape index (κ2) is 9.93. The fraction of sp³-hybridized carbons (Fsp3) is 0.909. The Morgan fingerprint density at radius 3 is 2.73 bits per heavy atom. The SMILES string of the molecule is CC(CN)CCC(=O)NCCCCCO. The van der Waals surface area contributed by atoms with Gasteiger partial charge in [-0.1, -0.05) is 6.92 Å². The van der Waals surface area contributed by atoms with Gasteiger partial charge >= 0.3 is 0 Å². The summed E-state index contributed by atoms with van der Waals surface area (Å²) in [5, 5.41) is 11.4. The van der Waals surface area contributed by atoms with E-state index in [-0.39, 0.29) is 12.5 Å². The maximum Gasteiger partial charge on any atom is 0.220 e. The molecule has 0 aromatic carbocycles. The smallest absolute Gasteiger partial charge is 0.220 e. The summed E-state index contributed by atoms with van der Waals surface area (Å²) in [5.74, 6) is 0.532. The number of rotatable bonds is 9. The van der Waals surface area contributed by atoms with Crippen LogP contribution in [0.4, 0.5) is 0 Å². The highest BCUT2D eigenvalue weighted by atomic mass is 16.2. The fourth-order valence-electron chi connectivity index (χ4n) is 1.23. The van der Waals surface area contributed by atoms with Gasteiger partial charge in [-0.3, -0.25) is 4.79 Å². The lowest BCUT2D eigenvalue weighted by atomic mass is 10.1. The Morgan fingerprint density at radius 1 is 1.40 bits per heavy atom. The van der Waals surface area contributed by atoms with Crippen LogP contribution in [-0.4, -0.2) is 30.7 Å². The highest BCUT2D eigenvalue weighted by molar-refractivity contribution is 5.75. The zero-order valence-corrected chi connectivity index (χ0v) is 9.67. The number of carbonyl (C=O) groups excluding carboxylic acids is 1. The molecule has 0 heterocycles. The van der Waals surface area contributed by atoms with Crippen LogP contribution in [-0.2, 0) is 4.79 Å². The Kier molecular flexibility index (Phi) is 9.52. The van der Waals surface area contributed by atoms with Crippen molar-refractivity contribution in [1.29, 1.82) is 0 Å². The number of hydrogen-bond donors (Lipinski definition) is 3. The van der Waals surface area contributed by atoms with Crippen molar-refractivity contribution in [3.63, 3.8) is 0 Å². The number of aliphatic hydroxyl groups is 1. The molecule has 0 fully saturated rings. The lowest BCUT2D eigenvalue weighted by molar-refractivity contribution is -0.121. The van der Waals surface area contributed by atoms with Gasteiger partial charge in [0.2, 0.25) is 5.91 Å². The number of amides is 1. The summed E-state index contributed by atoms with van der Waals surface area (Å²) in [6, 6.07) is 0. The average molecular weight is 216 g/mol. The highest BCUT2D eigenvalue weighted by Gasteiger charge is 2.04. The maximum atomic E-state index is 11.3. The minimum absolute atomic E-state index is 0.110. The van der Waals surface area contributed by atoms with Crippen molar-refractivity contribution in [3.05, 3.63) is 0 Å². The van der Waals surface area contributed by atoms with Crippen molar-refractivity contribution in [3.8, 4) is 0 Å². The van der Waals surface area contributed by atoms with E-state index in [4.69, 9.17) is 10.8 Å². The molecule has 0 rings (SSSR count). The molecule has 0 spiro atoms. The second-order valence-electron chi connectivity index (χ2n) is 4.01. The van der Waals surface area contributed by atoms with Crippen LogP contribution in [0.25, 0.3) is 0 Å². The van der Waals surface area contributed by atoms with Crippen molar-refractivity contribution in [2.24, 2.45) is 11.7 Å². The predicted octanol–water partition coefficient (Wildman–Crippen LogP) is 0.640. The van der Waals surface area contributed by atoms with Crippen LogP contribution < -0.4 is 11.1 Å². The van der Waals surface area contributed by atoms with Crippen LogP contribution >= 0.6 is 0 Å². The number of unbranched alkanes of at least 4 members (excludes halogenated alkanes) is 2. The molecule has 90 valence electrons. The summed E-state index contributed by atoms with van der Waals surface area (Å²) in [4.78, 5) is 11.3. The zero-order valence-electron chi connectivity index (χ0n) is 9.67. The first kappa shape index (κ1) is 14.4. The van der Waals surface area contributed by atoms with E-state index < -0.39 is 0 Å². The van der Waals surface area contributed by atoms with Gasteiger partial charge in [0.05, 0.1) is 0 Å². The number of aliphatic hydroxyl groups excluding tert-OH is 1. The monoisotopic (exact) mass is 216 g/mol. The lowest BCUT2D eigenvalue weighted by Gasteiger charge is -2.08. The van der Waals surface area contributed by atoms with E-state index in [1.165, 1.54) is 0 Å². The van der Waals surface area contributed by atoms with Crippen molar-refractivity contribution in [1.82, 2.24) is 5.32 Å². The molecular formula is C11H24N2O2. The van der Waals surface area contributed by atoms with Crippen LogP contribution in [0.2, 0.25) is 0 Å². The number of nitrogens with two attached hydrogens (primary N) is 1. The molecule has 4 nitrogen and oxygen atoms in total. The Morgan fingerprint density at radius 2 is 2.13 bits per heavy atom. The lowest BCUT2D eigenvalue weighted by Crippen LogP contribution is -2.25. The molecule has 0 saturated heterocycles. The first-order valence-electron chi connectivity index (χ1n) is 5.78. The van der Waals surface area contributed by atoms with Gasteiger partial charge < -0.3 is 16.2 Å². The topological polar surface area (TPSA) is 75.4 Å². The molecule has 1 atom stereocenters. The molecule has 4 N–H and O–H groups in total. The van der Waals surface area contributed by atoms with Gasteiger partial charge in [0.1, 0.15) is 0 Å². The Balaban J connectivity index is 3.26. The molecule has 0 aliphatic rings. The first-order chi connectivity index (χ1) is 7.20. The summed E-state index contributed by atoms with van der Waals surface area (Å²) in [7, 11) is 0. The van der Waals surface area contributed by atoms with Gasteiger partial charge in [-0.05, 0) is 38.1 Å². The van der Waals surface area contributed by atoms with Gasteiger partial charge in [0.25, 0.3) is 0 Å². The predicted molar refractivity (Wildman–Crippen MR) is 61.4 cm³/mol. The Hall–Kier alpha value is -0.610. The minimum Gasteiger partial charge on any atom is -0.396 e. The van der Waals surface area contributed by atoms with Crippen LogP contribution in [0.3, 0.4) is 0 Å². The summed E-state index contributed by atoms with van der Waals surface area (Å²) in [6.07, 6.45) is 4.16. The molecule has 4 heteroatoms. The van der Waals surface area contributed by atoms with Gasteiger partial charge in [-0.15, -0.1) is 0 Å². The second-order valence-corrected chi connectivity index (χ2v) is 4.01. The molecule has 0 aliphatic carbocycles. The summed E-state index contributed by atoms with van der Waals surface area (Å²) in [6.45, 7) is 3.65. The van der Waals surface area contributed by atoms with E-state index >= 15 is 0 Å². The number of carbonyl (C=O) groups is 1. The van der Waals surface area contributed by atoms with E-state index in [9.17, 15) is 4.79 Å². The van der Waals surface area contributed by atoms with Gasteiger partial charge in [0.15, 0.2) is 0 Å². The molecule has 0 bridgehead atoms. The van der Waals surface area contributed by atoms with Crippen LogP contribution in [0, 0.1) is 5.92 Å². The molecule has 0 aromatic heterocycles. The molecular weight excluding hydrogens is 192 g/mol. The maximum absolute atomic E-state index is 11.3. The van der Waals surface area contributed by atoms with E-state index in [1.54, 1.807) is 0 Å². The van der Waals surface area contributed by atoms with Crippen LogP contribution in [0.1, 0.15) is 39.0 Å². The van der Waals surface area contributed by atoms with Crippen molar-refractivity contribution in [2.75, 3.05) is 19.7 Å². The third kappa shape index (κ3) is 9.69. The van der Waals surface area contributed by atoms with E-state index in [0.717, 1.165) is 32.2 Å². The molecule has 1 unspecified atom stereocenters. The van der Waals surface area contributed by atoms with Gasteiger partial charge in [-0.2, -0.15) is 0 Å². The molecule has 15 heavy (non-hydrogen) atoms. The number of hydrogen-bond acceptors (Lipinski definition) is 3. The average Bonchev–Trinajstić information content (AvgIpc) is 2.25. The third-order valence-corrected chi connectivity index (χ3v) is 2.42. The molecule has 0 saturated carbocycles. The minimum atomic E-state index is 0.110. The summed E-state index contributed by atoms with van der Waals surface area (Å²) < 4.78 is 0. The standard InChI is InChI=1S/C11H24N2O2/c1-10(9-12)5-6-11(15)13-7-3-2-4-8-14/h10,14H,2-9,12H2,1H3,(H,13,15). The molecule has 0 aromatic rings. The Labute approximate surface area is 92.2 Å². The fourth-order valence-corrected chi connectivity index (χ4v) is 1.23. The Bertz CT molecular complexity index is 163. The van der Waals surface area contributed by atoms with E-state index in [0.29, 0.717) is 18.9 Å². The van der Waals surface area contributed by atoms with Crippen molar-refractivity contribution >= 4 is 5.91 Å². The van der Waals surface area contributed by atoms with Crippen LogP contribution in [0.5, 0.6) is 0 Å². The third-order valence-electron chi connectivity index (χ3n) is 2.42. The first-order valence-corrected chi connectivity index (χ1v) is 5.78. The van der Waals surface area contributed by atoms with E-state index in [1.807, 2.05) is 0 Å². The van der Waals surface area contributed by atoms with Crippen molar-refractivity contribution in [2.45, 2.75) is 39.0 Å². The van der Waals surface area contributed by atoms with Crippen LogP contribution in [0.15, 0.2) is 0 Å². The molecule has 1 amide bonds. The van der Waals surface area contributed by atoms with E-state index in [2.05, 4.69) is 12.2 Å². The zero-order chi connectivity index (χ0) is 11.5. The number of nitrogens with one attached hydrogen (secondary N) is 1. The quantitative estimate of drug-likeness (QED) is 0.495.